The summed E-state index contributed by atoms with van der Waals surface area (Å²) in [5.41, 5.74) is 2.66. The third-order valence-corrected chi connectivity index (χ3v) is 5.38. The summed E-state index contributed by atoms with van der Waals surface area (Å²) in [5, 5.41) is 7.92. The molecule has 0 spiro atoms. The SMILES string of the molecule is Cc1nn(C(C)C)cc1CNC1CCCN(C(C)c2ccccc2F)C1=O. The van der Waals surface area contributed by atoms with Crippen molar-refractivity contribution >= 4 is 5.91 Å². The van der Waals surface area contributed by atoms with Gasteiger partial charge in [-0.1, -0.05) is 18.2 Å². The molecule has 0 aliphatic carbocycles. The van der Waals surface area contributed by atoms with E-state index in [1.165, 1.54) is 6.07 Å². The Morgan fingerprint density at radius 2 is 2.04 bits per heavy atom. The third-order valence-electron chi connectivity index (χ3n) is 5.38. The molecule has 1 aliphatic heterocycles. The summed E-state index contributed by atoms with van der Waals surface area (Å²) in [4.78, 5) is 14.8. The zero-order valence-corrected chi connectivity index (χ0v) is 16.6. The first kappa shape index (κ1) is 19.5. The minimum absolute atomic E-state index is 0.0471. The molecule has 6 heteroatoms. The number of carbonyl (C=O) groups is 1. The predicted octanol–water partition coefficient (Wildman–Crippen LogP) is 3.75. The molecule has 1 aromatic carbocycles. The Morgan fingerprint density at radius 3 is 2.70 bits per heavy atom. The fourth-order valence-corrected chi connectivity index (χ4v) is 3.65. The zero-order chi connectivity index (χ0) is 19.6. The van der Waals surface area contributed by atoms with Crippen LogP contribution in [0.3, 0.4) is 0 Å². The number of halogens is 1. The van der Waals surface area contributed by atoms with Crippen molar-refractivity contribution < 1.29 is 9.18 Å². The molecule has 1 saturated heterocycles. The number of nitrogens with one attached hydrogen (secondary N) is 1. The molecule has 1 N–H and O–H groups in total. The molecule has 2 atom stereocenters. The van der Waals surface area contributed by atoms with E-state index in [1.54, 1.807) is 17.0 Å². The summed E-state index contributed by atoms with van der Waals surface area (Å²) in [6.07, 6.45) is 3.75. The maximum Gasteiger partial charge on any atom is 0.240 e. The van der Waals surface area contributed by atoms with Crippen LogP contribution < -0.4 is 5.32 Å². The molecule has 5 nitrogen and oxygen atoms in total. The summed E-state index contributed by atoms with van der Waals surface area (Å²) in [6.45, 7) is 9.35. The Morgan fingerprint density at radius 1 is 1.30 bits per heavy atom. The summed E-state index contributed by atoms with van der Waals surface area (Å²) in [5.74, 6) is -0.212. The summed E-state index contributed by atoms with van der Waals surface area (Å²) in [6, 6.07) is 6.50. The van der Waals surface area contributed by atoms with Gasteiger partial charge in [0.2, 0.25) is 5.91 Å². The van der Waals surface area contributed by atoms with Crippen molar-refractivity contribution in [3.63, 3.8) is 0 Å². The lowest BCUT2D eigenvalue weighted by Gasteiger charge is -2.37. The summed E-state index contributed by atoms with van der Waals surface area (Å²) >= 11 is 0. The first-order valence-electron chi connectivity index (χ1n) is 9.71. The van der Waals surface area contributed by atoms with Gasteiger partial charge in [-0.25, -0.2) is 4.39 Å². The van der Waals surface area contributed by atoms with Crippen molar-refractivity contribution in [3.05, 3.63) is 53.1 Å². The van der Waals surface area contributed by atoms with Gasteiger partial charge in [-0.15, -0.1) is 0 Å². The molecule has 0 saturated carbocycles. The van der Waals surface area contributed by atoms with Crippen LogP contribution in [-0.4, -0.2) is 33.2 Å². The number of piperidine rings is 1. The number of aromatic nitrogens is 2. The number of nitrogens with zero attached hydrogens (tertiary/aromatic N) is 3. The highest BCUT2D eigenvalue weighted by Gasteiger charge is 2.32. The van der Waals surface area contributed by atoms with Crippen molar-refractivity contribution in [2.75, 3.05) is 6.54 Å². The standard InChI is InChI=1S/C21H29FN4O/c1-14(2)26-13-17(15(3)24-26)12-23-20-10-7-11-25(21(20)27)16(4)18-8-5-6-9-19(18)22/h5-6,8-9,13-14,16,20,23H,7,10-12H2,1-4H3. The van der Waals surface area contributed by atoms with Crippen LogP contribution in [0.2, 0.25) is 0 Å². The van der Waals surface area contributed by atoms with Gasteiger partial charge in [0.1, 0.15) is 5.82 Å². The second-order valence-corrected chi connectivity index (χ2v) is 7.62. The Hall–Kier alpha value is -2.21. The number of amides is 1. The van der Waals surface area contributed by atoms with Crippen LogP contribution in [0.5, 0.6) is 0 Å². The Labute approximate surface area is 160 Å². The minimum Gasteiger partial charge on any atom is -0.334 e. The number of benzene rings is 1. The second-order valence-electron chi connectivity index (χ2n) is 7.62. The first-order chi connectivity index (χ1) is 12.9. The topological polar surface area (TPSA) is 50.2 Å². The molecule has 1 aromatic heterocycles. The molecule has 0 bridgehead atoms. The highest BCUT2D eigenvalue weighted by Crippen LogP contribution is 2.27. The van der Waals surface area contributed by atoms with E-state index in [9.17, 15) is 9.18 Å². The summed E-state index contributed by atoms with van der Waals surface area (Å²) in [7, 11) is 0. The number of likely N-dealkylation sites (tertiary alicyclic amines) is 1. The minimum atomic E-state index is -0.270. The van der Waals surface area contributed by atoms with E-state index in [0.29, 0.717) is 24.7 Å². The first-order valence-corrected chi connectivity index (χ1v) is 9.71. The van der Waals surface area contributed by atoms with Gasteiger partial charge in [-0.3, -0.25) is 9.48 Å². The monoisotopic (exact) mass is 372 g/mol. The highest BCUT2D eigenvalue weighted by atomic mass is 19.1. The molecule has 3 rings (SSSR count). The van der Waals surface area contributed by atoms with Gasteiger partial charge >= 0.3 is 0 Å². The van der Waals surface area contributed by atoms with Crippen LogP contribution in [0.4, 0.5) is 4.39 Å². The van der Waals surface area contributed by atoms with E-state index in [4.69, 9.17) is 0 Å². The van der Waals surface area contributed by atoms with Crippen LogP contribution in [0.15, 0.2) is 30.5 Å². The lowest BCUT2D eigenvalue weighted by Crippen LogP contribution is -2.51. The van der Waals surface area contributed by atoms with Gasteiger partial charge in [0.15, 0.2) is 0 Å². The van der Waals surface area contributed by atoms with Crippen molar-refractivity contribution in [2.45, 2.75) is 65.2 Å². The molecule has 0 radical (unpaired) electrons. The maximum atomic E-state index is 14.1. The Kier molecular flexibility index (Phi) is 5.95. The number of hydrogen-bond acceptors (Lipinski definition) is 3. The molecule has 2 unspecified atom stereocenters. The molecule has 2 aromatic rings. The average molecular weight is 372 g/mol. The predicted molar refractivity (Wildman–Crippen MR) is 104 cm³/mol. The molecule has 27 heavy (non-hydrogen) atoms. The van der Waals surface area contributed by atoms with Crippen LogP contribution in [0.1, 0.15) is 62.5 Å². The van der Waals surface area contributed by atoms with E-state index in [0.717, 1.165) is 24.1 Å². The molecule has 146 valence electrons. The average Bonchev–Trinajstić information content (AvgIpc) is 3.02. The molecular formula is C21H29FN4O. The van der Waals surface area contributed by atoms with Gasteiger partial charge in [0, 0.05) is 36.5 Å². The highest BCUT2D eigenvalue weighted by molar-refractivity contribution is 5.83. The van der Waals surface area contributed by atoms with Gasteiger partial charge in [0.25, 0.3) is 0 Å². The van der Waals surface area contributed by atoms with Crippen LogP contribution in [0.25, 0.3) is 0 Å². The van der Waals surface area contributed by atoms with E-state index >= 15 is 0 Å². The normalized spacial score (nSPS) is 19.0. The number of carbonyl (C=O) groups excluding carboxylic acids is 1. The van der Waals surface area contributed by atoms with E-state index in [1.807, 2.05) is 30.8 Å². The smallest absolute Gasteiger partial charge is 0.240 e. The molecule has 1 amide bonds. The van der Waals surface area contributed by atoms with Gasteiger partial charge in [-0.05, 0) is 46.6 Å². The lowest BCUT2D eigenvalue weighted by atomic mass is 9.99. The van der Waals surface area contributed by atoms with E-state index < -0.39 is 0 Å². The largest absolute Gasteiger partial charge is 0.334 e. The van der Waals surface area contributed by atoms with E-state index in [-0.39, 0.29) is 23.8 Å². The number of hydrogen-bond donors (Lipinski definition) is 1. The molecular weight excluding hydrogens is 343 g/mol. The lowest BCUT2D eigenvalue weighted by molar-refractivity contribution is -0.138. The molecule has 1 aliphatic rings. The fourth-order valence-electron chi connectivity index (χ4n) is 3.65. The zero-order valence-electron chi connectivity index (χ0n) is 16.6. The third kappa shape index (κ3) is 4.21. The van der Waals surface area contributed by atoms with E-state index in [2.05, 4.69) is 24.3 Å². The molecule has 2 heterocycles. The van der Waals surface area contributed by atoms with Gasteiger partial charge < -0.3 is 10.2 Å². The fraction of sp³-hybridized carbons (Fsp3) is 0.524. The maximum absolute atomic E-state index is 14.1. The van der Waals surface area contributed by atoms with Crippen molar-refractivity contribution in [3.8, 4) is 0 Å². The van der Waals surface area contributed by atoms with Crippen LogP contribution in [-0.2, 0) is 11.3 Å². The van der Waals surface area contributed by atoms with Crippen molar-refractivity contribution in [1.82, 2.24) is 20.0 Å². The van der Waals surface area contributed by atoms with Crippen molar-refractivity contribution in [1.29, 1.82) is 0 Å². The Balaban J connectivity index is 1.67. The van der Waals surface area contributed by atoms with Gasteiger partial charge in [-0.2, -0.15) is 5.10 Å². The number of aryl methyl sites for hydroxylation is 1. The van der Waals surface area contributed by atoms with Crippen LogP contribution >= 0.6 is 0 Å². The second kappa shape index (κ2) is 8.21. The Bertz CT molecular complexity index is 801. The number of rotatable bonds is 6. The van der Waals surface area contributed by atoms with Crippen molar-refractivity contribution in [2.24, 2.45) is 0 Å². The van der Waals surface area contributed by atoms with Gasteiger partial charge in [0.05, 0.1) is 17.8 Å². The quantitative estimate of drug-likeness (QED) is 0.840. The molecule has 1 fully saturated rings. The summed E-state index contributed by atoms with van der Waals surface area (Å²) < 4.78 is 16.1. The van der Waals surface area contributed by atoms with Crippen LogP contribution in [0, 0.1) is 12.7 Å².